The molecule has 82 valence electrons. The van der Waals surface area contributed by atoms with E-state index in [2.05, 4.69) is 10.1 Å². The third-order valence-electron chi connectivity index (χ3n) is 2.59. The molecule has 1 N–H and O–H groups in total. The van der Waals surface area contributed by atoms with E-state index in [1.807, 2.05) is 0 Å². The molecular weight excluding hydrogens is 267 g/mol. The number of H-pyrrole nitrogens is 1. The molecule has 0 unspecified atom stereocenters. The number of hydrogen-bond acceptors (Lipinski definition) is 3. The molecule has 0 bridgehead atoms. The van der Waals surface area contributed by atoms with Crippen LogP contribution >= 0.6 is 11.6 Å². The average Bonchev–Trinajstić information content (AvgIpc) is 2.61. The number of hydrogen-bond donors (Lipinski definition) is 1. The van der Waals surface area contributed by atoms with Gasteiger partial charge in [-0.2, -0.15) is 0 Å². The molecule has 4 nitrogen and oxygen atoms in total. The zero-order valence-corrected chi connectivity index (χ0v) is 9.13. The summed E-state index contributed by atoms with van der Waals surface area (Å²) in [6.45, 7) is 1.70. The van der Waals surface area contributed by atoms with E-state index in [9.17, 15) is 4.79 Å². The van der Waals surface area contributed by atoms with Crippen LogP contribution in [0.1, 0.15) is 5.76 Å². The van der Waals surface area contributed by atoms with Crippen LogP contribution in [0.25, 0.3) is 21.8 Å². The Balaban J connectivity index is 0.00000108. The molecule has 1 aromatic carbocycles. The second-order valence-corrected chi connectivity index (χ2v) is 3.99. The number of pyridine rings is 1. The molecule has 0 fully saturated rings. The molecule has 0 radical (unpaired) electrons. The summed E-state index contributed by atoms with van der Waals surface area (Å²) in [4.78, 5) is 14.5. The van der Waals surface area contributed by atoms with Gasteiger partial charge in [0.05, 0.1) is 10.5 Å². The molecule has 0 aliphatic carbocycles. The predicted molar refractivity (Wildman–Crippen MR) is 69.0 cm³/mol. The summed E-state index contributed by atoms with van der Waals surface area (Å²) in [5.41, 5.74) is 0.976. The summed E-state index contributed by atoms with van der Waals surface area (Å²) in [5, 5.41) is 5.61. The average molecular weight is 275 g/mol. The number of aryl methyl sites for hydroxylation is 1. The van der Waals surface area contributed by atoms with Crippen molar-refractivity contribution < 1.29 is 4.52 Å². The molecular formula is C11H8ClKN2O2. The number of rotatable bonds is 0. The molecule has 6 heteroatoms. The summed E-state index contributed by atoms with van der Waals surface area (Å²) in [6, 6.07) is 5.32. The summed E-state index contributed by atoms with van der Waals surface area (Å²) in [6.07, 6.45) is 0. The van der Waals surface area contributed by atoms with E-state index in [1.165, 1.54) is 0 Å². The van der Waals surface area contributed by atoms with Crippen molar-refractivity contribution >= 4 is 84.8 Å². The van der Waals surface area contributed by atoms with Gasteiger partial charge in [-0.1, -0.05) is 22.8 Å². The molecule has 0 atom stereocenters. The van der Waals surface area contributed by atoms with Crippen molar-refractivity contribution in [2.45, 2.75) is 6.92 Å². The molecule has 0 aliphatic rings. The zero-order valence-electron chi connectivity index (χ0n) is 8.37. The van der Waals surface area contributed by atoms with Crippen molar-refractivity contribution in [2.75, 3.05) is 0 Å². The van der Waals surface area contributed by atoms with E-state index in [0.29, 0.717) is 27.2 Å². The van der Waals surface area contributed by atoms with Crippen molar-refractivity contribution in [3.8, 4) is 0 Å². The third-order valence-corrected chi connectivity index (χ3v) is 2.90. The predicted octanol–water partition coefficient (Wildman–Crippen LogP) is 1.98. The van der Waals surface area contributed by atoms with Gasteiger partial charge in [0.15, 0.2) is 0 Å². The number of halogens is 1. The van der Waals surface area contributed by atoms with Gasteiger partial charge in [-0.25, -0.2) is 0 Å². The number of fused-ring (bicyclic) bond motifs is 3. The quantitative estimate of drug-likeness (QED) is 0.638. The third kappa shape index (κ3) is 2.01. The van der Waals surface area contributed by atoms with E-state index >= 15 is 0 Å². The van der Waals surface area contributed by atoms with Gasteiger partial charge < -0.3 is 9.51 Å². The van der Waals surface area contributed by atoms with Crippen LogP contribution < -0.4 is 5.56 Å². The van der Waals surface area contributed by atoms with Crippen LogP contribution in [0.5, 0.6) is 0 Å². The molecule has 2 aromatic heterocycles. The molecule has 0 saturated carbocycles. The van der Waals surface area contributed by atoms with Crippen LogP contribution in [0.2, 0.25) is 5.02 Å². The van der Waals surface area contributed by atoms with Gasteiger partial charge in [-0.05, 0) is 19.1 Å². The van der Waals surface area contributed by atoms with Gasteiger partial charge in [0.1, 0.15) is 16.7 Å². The Hall–Kier alpha value is -0.174. The van der Waals surface area contributed by atoms with E-state index in [-0.39, 0.29) is 56.9 Å². The van der Waals surface area contributed by atoms with E-state index in [0.717, 1.165) is 5.39 Å². The van der Waals surface area contributed by atoms with Crippen LogP contribution in [0.15, 0.2) is 27.5 Å². The molecule has 3 rings (SSSR count). The van der Waals surface area contributed by atoms with E-state index < -0.39 is 0 Å². The van der Waals surface area contributed by atoms with Gasteiger partial charge in [-0.15, -0.1) is 0 Å². The Morgan fingerprint density at radius 3 is 2.88 bits per heavy atom. The maximum atomic E-state index is 11.8. The fourth-order valence-corrected chi connectivity index (χ4v) is 2.13. The van der Waals surface area contributed by atoms with Crippen molar-refractivity contribution in [3.63, 3.8) is 0 Å². The maximum absolute atomic E-state index is 11.8. The molecule has 0 spiro atoms. The second kappa shape index (κ2) is 4.83. The van der Waals surface area contributed by atoms with Gasteiger partial charge in [-0.3, -0.25) is 4.79 Å². The Morgan fingerprint density at radius 1 is 1.35 bits per heavy atom. The minimum atomic E-state index is -0.205. The number of aromatic nitrogens is 2. The first-order valence-corrected chi connectivity index (χ1v) is 5.13. The SMILES string of the molecule is Cc1onc2c1c(=O)[nH]c1cccc(Cl)c12.[KH]. The molecule has 0 saturated heterocycles. The number of benzene rings is 1. The zero-order chi connectivity index (χ0) is 11.3. The van der Waals surface area contributed by atoms with Gasteiger partial charge >= 0.3 is 51.4 Å². The van der Waals surface area contributed by atoms with Crippen LogP contribution in [0.3, 0.4) is 0 Å². The fourth-order valence-electron chi connectivity index (χ4n) is 1.86. The standard InChI is InChI=1S/C11H7ClN2O2.K.H/c1-5-8-10(14-16-5)9-6(12)3-2-4-7(9)13-11(8)15;;/h2-4H,1H3,(H,13,15);;. The van der Waals surface area contributed by atoms with Crippen molar-refractivity contribution in [1.29, 1.82) is 0 Å². The monoisotopic (exact) mass is 274 g/mol. The van der Waals surface area contributed by atoms with Crippen LogP contribution in [0.4, 0.5) is 0 Å². The fraction of sp³-hybridized carbons (Fsp3) is 0.0909. The number of nitrogens with zero attached hydrogens (tertiary/aromatic N) is 1. The first-order chi connectivity index (χ1) is 7.68. The number of aromatic amines is 1. The number of nitrogens with one attached hydrogen (secondary N) is 1. The van der Waals surface area contributed by atoms with E-state index in [1.54, 1.807) is 25.1 Å². The van der Waals surface area contributed by atoms with Crippen molar-refractivity contribution in [2.24, 2.45) is 0 Å². The normalized spacial score (nSPS) is 10.7. The summed E-state index contributed by atoms with van der Waals surface area (Å²) in [5.74, 6) is 0.498. The van der Waals surface area contributed by atoms with Crippen molar-refractivity contribution in [1.82, 2.24) is 10.1 Å². The molecule has 0 amide bonds. The van der Waals surface area contributed by atoms with Crippen molar-refractivity contribution in [3.05, 3.63) is 39.3 Å². The first kappa shape index (κ1) is 13.3. The Morgan fingerprint density at radius 2 is 2.12 bits per heavy atom. The molecule has 3 aromatic rings. The summed E-state index contributed by atoms with van der Waals surface area (Å²) >= 11 is 6.09. The second-order valence-electron chi connectivity index (χ2n) is 3.58. The topological polar surface area (TPSA) is 58.9 Å². The van der Waals surface area contributed by atoms with Crippen LogP contribution in [0, 0.1) is 6.92 Å². The van der Waals surface area contributed by atoms with Gasteiger partial charge in [0, 0.05) is 5.39 Å². The summed E-state index contributed by atoms with van der Waals surface area (Å²) in [7, 11) is 0. The molecule has 0 aliphatic heterocycles. The Kier molecular flexibility index (Phi) is 3.77. The van der Waals surface area contributed by atoms with Crippen LogP contribution in [-0.2, 0) is 0 Å². The Bertz CT molecular complexity index is 763. The summed E-state index contributed by atoms with van der Waals surface area (Å²) < 4.78 is 5.03. The van der Waals surface area contributed by atoms with Gasteiger partial charge in [0.25, 0.3) is 5.56 Å². The first-order valence-electron chi connectivity index (χ1n) is 4.75. The molecule has 2 heterocycles. The van der Waals surface area contributed by atoms with Gasteiger partial charge in [0.2, 0.25) is 0 Å². The molecule has 17 heavy (non-hydrogen) atoms. The minimum absolute atomic E-state index is 0. The van der Waals surface area contributed by atoms with E-state index in [4.69, 9.17) is 16.1 Å². The Labute approximate surface area is 144 Å². The van der Waals surface area contributed by atoms with Crippen LogP contribution in [-0.4, -0.2) is 61.5 Å².